The Kier molecular flexibility index (Phi) is 7.62. The molecular formula is C15H24Cl2N2O2S. The summed E-state index contributed by atoms with van der Waals surface area (Å²) in [7, 11) is -3.54. The minimum atomic E-state index is -3.54. The Morgan fingerprint density at radius 2 is 1.95 bits per heavy atom. The third kappa shape index (κ3) is 5.10. The number of halogens is 2. The van der Waals surface area contributed by atoms with E-state index in [9.17, 15) is 8.42 Å². The van der Waals surface area contributed by atoms with E-state index in [1.165, 1.54) is 0 Å². The Morgan fingerprint density at radius 1 is 1.32 bits per heavy atom. The average Bonchev–Trinajstić information content (AvgIpc) is 2.40. The molecule has 22 heavy (non-hydrogen) atoms. The molecule has 0 saturated carbocycles. The van der Waals surface area contributed by atoms with Crippen molar-refractivity contribution >= 4 is 34.0 Å². The van der Waals surface area contributed by atoms with Crippen LogP contribution in [0.5, 0.6) is 0 Å². The first-order chi connectivity index (χ1) is 9.92. The van der Waals surface area contributed by atoms with Gasteiger partial charge in [-0.1, -0.05) is 24.6 Å². The molecule has 0 aliphatic carbocycles. The fourth-order valence-electron chi connectivity index (χ4n) is 2.70. The van der Waals surface area contributed by atoms with Crippen LogP contribution in [-0.2, 0) is 10.0 Å². The van der Waals surface area contributed by atoms with Gasteiger partial charge < -0.3 is 4.90 Å². The van der Waals surface area contributed by atoms with Crippen LogP contribution in [0.2, 0.25) is 5.02 Å². The molecule has 1 fully saturated rings. The van der Waals surface area contributed by atoms with E-state index >= 15 is 0 Å². The van der Waals surface area contributed by atoms with Crippen LogP contribution in [0.1, 0.15) is 31.7 Å². The van der Waals surface area contributed by atoms with Crippen molar-refractivity contribution in [1.82, 2.24) is 9.62 Å². The summed E-state index contributed by atoms with van der Waals surface area (Å²) in [4.78, 5) is 2.55. The van der Waals surface area contributed by atoms with E-state index in [0.717, 1.165) is 44.5 Å². The molecule has 0 amide bonds. The molecule has 1 aliphatic heterocycles. The molecular weight excluding hydrogens is 343 g/mol. The summed E-state index contributed by atoms with van der Waals surface area (Å²) in [6.07, 6.45) is 2.83. The van der Waals surface area contributed by atoms with Crippen LogP contribution in [0.4, 0.5) is 0 Å². The number of sulfonamides is 1. The van der Waals surface area contributed by atoms with Gasteiger partial charge in [-0.2, -0.15) is 0 Å². The second kappa shape index (κ2) is 8.50. The lowest BCUT2D eigenvalue weighted by Crippen LogP contribution is -2.44. The lowest BCUT2D eigenvalue weighted by Gasteiger charge is -2.31. The van der Waals surface area contributed by atoms with Gasteiger partial charge >= 0.3 is 0 Å². The molecule has 1 N–H and O–H groups in total. The molecule has 126 valence electrons. The number of benzene rings is 1. The average molecular weight is 367 g/mol. The number of hydrogen-bond acceptors (Lipinski definition) is 3. The number of nitrogens with zero attached hydrogens (tertiary/aromatic N) is 1. The van der Waals surface area contributed by atoms with E-state index in [0.29, 0.717) is 0 Å². The molecule has 0 unspecified atom stereocenters. The highest BCUT2D eigenvalue weighted by molar-refractivity contribution is 7.89. The van der Waals surface area contributed by atoms with Gasteiger partial charge in [-0.05, 0) is 63.5 Å². The van der Waals surface area contributed by atoms with Crippen LogP contribution in [0.3, 0.4) is 0 Å². The molecule has 4 nitrogen and oxygen atoms in total. The van der Waals surface area contributed by atoms with Crippen molar-refractivity contribution in [2.75, 3.05) is 19.6 Å². The molecule has 7 heteroatoms. The highest BCUT2D eigenvalue weighted by Crippen LogP contribution is 2.23. The fraction of sp³-hybridized carbons (Fsp3) is 0.600. The Balaban J connectivity index is 0.00000242. The van der Waals surface area contributed by atoms with Gasteiger partial charge in [-0.15, -0.1) is 12.4 Å². The number of aryl methyl sites for hydroxylation is 1. The third-order valence-corrected chi connectivity index (χ3v) is 5.83. The van der Waals surface area contributed by atoms with Crippen LogP contribution < -0.4 is 4.72 Å². The van der Waals surface area contributed by atoms with Gasteiger partial charge in [0.25, 0.3) is 0 Å². The molecule has 1 saturated heterocycles. The van der Waals surface area contributed by atoms with E-state index in [1.54, 1.807) is 18.2 Å². The summed E-state index contributed by atoms with van der Waals surface area (Å²) in [6, 6.07) is 5.02. The van der Waals surface area contributed by atoms with Gasteiger partial charge in [0.2, 0.25) is 10.0 Å². The Bertz CT molecular complexity index is 585. The molecule has 0 atom stereocenters. The van der Waals surface area contributed by atoms with Gasteiger partial charge in [0.1, 0.15) is 4.90 Å². The fourth-order valence-corrected chi connectivity index (χ4v) is 4.60. The Hall–Kier alpha value is -0.330. The Morgan fingerprint density at radius 3 is 2.50 bits per heavy atom. The van der Waals surface area contributed by atoms with Gasteiger partial charge in [0, 0.05) is 6.04 Å². The van der Waals surface area contributed by atoms with Gasteiger partial charge in [0.15, 0.2) is 0 Å². The topological polar surface area (TPSA) is 49.4 Å². The van der Waals surface area contributed by atoms with Crippen molar-refractivity contribution in [1.29, 1.82) is 0 Å². The van der Waals surface area contributed by atoms with Gasteiger partial charge in [0.05, 0.1) is 5.02 Å². The SMILES string of the molecule is CCCN1CCC(NS(=O)(=O)c2ccc(C)cc2Cl)CC1.Cl. The maximum Gasteiger partial charge on any atom is 0.242 e. The maximum absolute atomic E-state index is 12.4. The second-order valence-electron chi connectivity index (χ2n) is 5.67. The maximum atomic E-state index is 12.4. The summed E-state index contributed by atoms with van der Waals surface area (Å²) in [5, 5.41) is 0.283. The molecule has 0 radical (unpaired) electrons. The van der Waals surface area contributed by atoms with E-state index < -0.39 is 10.0 Å². The first kappa shape index (κ1) is 19.7. The van der Waals surface area contributed by atoms with Crippen molar-refractivity contribution in [3.63, 3.8) is 0 Å². The number of rotatable bonds is 5. The summed E-state index contributed by atoms with van der Waals surface area (Å²) >= 11 is 6.07. The quantitative estimate of drug-likeness (QED) is 0.869. The first-order valence-electron chi connectivity index (χ1n) is 7.43. The monoisotopic (exact) mass is 366 g/mol. The molecule has 1 aromatic carbocycles. The number of nitrogens with one attached hydrogen (secondary N) is 1. The number of piperidine rings is 1. The highest BCUT2D eigenvalue weighted by atomic mass is 35.5. The van der Waals surface area contributed by atoms with Crippen LogP contribution in [0, 0.1) is 6.92 Å². The van der Waals surface area contributed by atoms with Crippen molar-refractivity contribution < 1.29 is 8.42 Å². The summed E-state index contributed by atoms with van der Waals surface area (Å²) in [6.45, 7) is 7.03. The summed E-state index contributed by atoms with van der Waals surface area (Å²) in [5.74, 6) is 0. The zero-order valence-electron chi connectivity index (χ0n) is 13.0. The van der Waals surface area contributed by atoms with Crippen LogP contribution in [0.15, 0.2) is 23.1 Å². The normalized spacial score (nSPS) is 17.2. The zero-order chi connectivity index (χ0) is 15.5. The second-order valence-corrected chi connectivity index (χ2v) is 7.76. The van der Waals surface area contributed by atoms with Gasteiger partial charge in [-0.25, -0.2) is 13.1 Å². The van der Waals surface area contributed by atoms with Crippen LogP contribution in [-0.4, -0.2) is 39.0 Å². The van der Waals surface area contributed by atoms with Crippen LogP contribution in [0.25, 0.3) is 0 Å². The largest absolute Gasteiger partial charge is 0.303 e. The molecule has 1 aliphatic rings. The zero-order valence-corrected chi connectivity index (χ0v) is 15.4. The molecule has 2 rings (SSSR count). The highest BCUT2D eigenvalue weighted by Gasteiger charge is 2.25. The first-order valence-corrected chi connectivity index (χ1v) is 9.29. The smallest absolute Gasteiger partial charge is 0.242 e. The molecule has 0 bridgehead atoms. The lowest BCUT2D eigenvalue weighted by molar-refractivity contribution is 0.208. The van der Waals surface area contributed by atoms with E-state index in [2.05, 4.69) is 16.5 Å². The predicted molar refractivity (Wildman–Crippen MR) is 93.5 cm³/mol. The number of hydrogen-bond donors (Lipinski definition) is 1. The van der Waals surface area contributed by atoms with E-state index in [4.69, 9.17) is 11.6 Å². The van der Waals surface area contributed by atoms with E-state index in [-0.39, 0.29) is 28.4 Å². The van der Waals surface area contributed by atoms with Crippen molar-refractivity contribution in [2.45, 2.75) is 44.0 Å². The lowest BCUT2D eigenvalue weighted by atomic mass is 10.1. The summed E-state index contributed by atoms with van der Waals surface area (Å²) in [5.41, 5.74) is 0.951. The third-order valence-electron chi connectivity index (χ3n) is 3.83. The predicted octanol–water partition coefficient (Wildman–Crippen LogP) is 3.22. The number of likely N-dealkylation sites (tertiary alicyclic amines) is 1. The van der Waals surface area contributed by atoms with Crippen molar-refractivity contribution in [3.05, 3.63) is 28.8 Å². The molecule has 0 aromatic heterocycles. The molecule has 1 aromatic rings. The van der Waals surface area contributed by atoms with Crippen LogP contribution >= 0.6 is 24.0 Å². The minimum absolute atomic E-state index is 0. The minimum Gasteiger partial charge on any atom is -0.303 e. The molecule has 1 heterocycles. The molecule has 0 spiro atoms. The summed E-state index contributed by atoms with van der Waals surface area (Å²) < 4.78 is 27.7. The van der Waals surface area contributed by atoms with Crippen molar-refractivity contribution in [2.24, 2.45) is 0 Å². The Labute approximate surface area is 144 Å². The standard InChI is InChI=1S/C15H23ClN2O2S.ClH/c1-3-8-18-9-6-13(7-10-18)17-21(19,20)15-5-4-12(2)11-14(15)16;/h4-5,11,13,17H,3,6-10H2,1-2H3;1H. The van der Waals surface area contributed by atoms with Gasteiger partial charge in [-0.3, -0.25) is 0 Å². The van der Waals surface area contributed by atoms with Crippen molar-refractivity contribution in [3.8, 4) is 0 Å². The van der Waals surface area contributed by atoms with E-state index in [1.807, 2.05) is 6.92 Å².